The molecule has 2 unspecified atom stereocenters. The summed E-state index contributed by atoms with van der Waals surface area (Å²) < 4.78 is 0. The van der Waals surface area contributed by atoms with Gasteiger partial charge in [-0.15, -0.1) is 0 Å². The van der Waals surface area contributed by atoms with Crippen molar-refractivity contribution in [1.29, 1.82) is 5.26 Å². The fourth-order valence-electron chi connectivity index (χ4n) is 4.76. The normalized spacial score (nSPS) is 20.2. The largest absolute Gasteiger partial charge is 0.384 e. The minimum atomic E-state index is -0.732. The van der Waals surface area contributed by atoms with Crippen LogP contribution in [0.1, 0.15) is 35.8 Å². The zero-order chi connectivity index (χ0) is 23.8. The Morgan fingerprint density at radius 1 is 1.12 bits per heavy atom. The van der Waals surface area contributed by atoms with Crippen molar-refractivity contribution in [2.24, 2.45) is 5.73 Å². The average Bonchev–Trinajstić information content (AvgIpc) is 3.38. The minimum absolute atomic E-state index is 0.0770. The Kier molecular flexibility index (Phi) is 5.14. The number of nitro groups is 1. The molecule has 5 rings (SSSR count). The van der Waals surface area contributed by atoms with Gasteiger partial charge in [-0.25, -0.2) is 5.10 Å². The van der Waals surface area contributed by atoms with Crippen molar-refractivity contribution < 1.29 is 9.72 Å². The van der Waals surface area contributed by atoms with Crippen LogP contribution in [-0.2, 0) is 4.79 Å². The van der Waals surface area contributed by atoms with Gasteiger partial charge in [-0.2, -0.15) is 15.3 Å². The van der Waals surface area contributed by atoms with E-state index < -0.39 is 10.8 Å². The fourth-order valence-corrected chi connectivity index (χ4v) is 4.76. The summed E-state index contributed by atoms with van der Waals surface area (Å²) in [5.74, 6) is -0.469. The van der Waals surface area contributed by atoms with E-state index in [0.717, 1.165) is 5.56 Å². The molecule has 0 spiro atoms. The second-order valence-corrected chi connectivity index (χ2v) is 8.14. The molecule has 2 heterocycles. The highest BCUT2D eigenvalue weighted by molar-refractivity contribution is 6.01. The third-order valence-corrected chi connectivity index (χ3v) is 6.29. The topological polar surface area (TPSA) is 155 Å². The molecule has 2 aromatic carbocycles. The van der Waals surface area contributed by atoms with Crippen molar-refractivity contribution in [3.8, 4) is 6.07 Å². The third kappa shape index (κ3) is 3.40. The number of hydrogen-bond donors (Lipinski definition) is 2. The van der Waals surface area contributed by atoms with E-state index in [4.69, 9.17) is 5.73 Å². The van der Waals surface area contributed by atoms with Crippen molar-refractivity contribution in [2.75, 3.05) is 4.90 Å². The molecule has 3 N–H and O–H groups in total. The lowest BCUT2D eigenvalue weighted by atomic mass is 9.72. The van der Waals surface area contributed by atoms with Gasteiger partial charge in [0.15, 0.2) is 5.78 Å². The molecular formula is C24H19N7O3. The molecule has 2 atom stereocenters. The zero-order valence-electron chi connectivity index (χ0n) is 17.9. The number of nitrogens with one attached hydrogen (secondary N) is 1. The number of nitro benzene ring substituents is 1. The summed E-state index contributed by atoms with van der Waals surface area (Å²) in [6.45, 7) is 0. The number of benzene rings is 2. The Morgan fingerprint density at radius 2 is 1.85 bits per heavy atom. The number of aromatic amines is 1. The first-order valence-corrected chi connectivity index (χ1v) is 10.6. The van der Waals surface area contributed by atoms with E-state index in [1.54, 1.807) is 17.0 Å². The lowest BCUT2D eigenvalue weighted by molar-refractivity contribution is -0.384. The number of nitriles is 1. The maximum atomic E-state index is 13.6. The van der Waals surface area contributed by atoms with Crippen LogP contribution in [-0.4, -0.2) is 25.9 Å². The lowest BCUT2D eigenvalue weighted by Gasteiger charge is -2.40. The van der Waals surface area contributed by atoms with Crippen LogP contribution in [0.25, 0.3) is 0 Å². The minimum Gasteiger partial charge on any atom is -0.384 e. The molecule has 1 aliphatic heterocycles. The van der Waals surface area contributed by atoms with Gasteiger partial charge in [0.2, 0.25) is 5.95 Å². The molecule has 1 aromatic heterocycles. The van der Waals surface area contributed by atoms with Crippen LogP contribution >= 0.6 is 0 Å². The van der Waals surface area contributed by atoms with Gasteiger partial charge >= 0.3 is 0 Å². The van der Waals surface area contributed by atoms with Gasteiger partial charge in [-0.05, 0) is 23.5 Å². The standard InChI is InChI=1S/C24H19N7O3/c25-12-18-21(15-6-8-17(9-7-15)31(33)34)22-19(30(23(18)26)24-27-13-28-29-24)10-16(11-20(22)32)14-4-2-1-3-5-14/h1-9,13,16,21H,10-11,26H2,(H,27,28,29). The second-order valence-electron chi connectivity index (χ2n) is 8.14. The molecule has 0 radical (unpaired) electrons. The number of carbonyl (C=O) groups is 1. The Hall–Kier alpha value is -4.78. The van der Waals surface area contributed by atoms with Crippen LogP contribution in [0.5, 0.6) is 0 Å². The van der Waals surface area contributed by atoms with Gasteiger partial charge in [-0.3, -0.25) is 19.8 Å². The lowest BCUT2D eigenvalue weighted by Crippen LogP contribution is -2.40. The molecule has 168 valence electrons. The Morgan fingerprint density at radius 3 is 2.47 bits per heavy atom. The maximum absolute atomic E-state index is 13.6. The SMILES string of the molecule is N#CC1=C(N)N(c2ncn[nH]2)C2=C(C(=O)CC(c3ccccc3)C2)C1c1ccc([N+](=O)[O-])cc1. The molecule has 10 nitrogen and oxygen atoms in total. The number of nitrogens with two attached hydrogens (primary N) is 1. The number of H-pyrrole nitrogens is 1. The molecule has 2 aliphatic rings. The number of aromatic nitrogens is 3. The highest BCUT2D eigenvalue weighted by atomic mass is 16.6. The predicted octanol–water partition coefficient (Wildman–Crippen LogP) is 3.41. The van der Waals surface area contributed by atoms with Crippen LogP contribution in [0, 0.1) is 21.4 Å². The number of carbonyl (C=O) groups excluding carboxylic acids is 1. The Labute approximate surface area is 194 Å². The van der Waals surface area contributed by atoms with Gasteiger partial charge in [0.25, 0.3) is 5.69 Å². The fraction of sp³-hybridized carbons (Fsp3) is 0.167. The first kappa shape index (κ1) is 21.1. The average molecular weight is 453 g/mol. The summed E-state index contributed by atoms with van der Waals surface area (Å²) in [6.07, 6.45) is 2.10. The smallest absolute Gasteiger partial charge is 0.269 e. The van der Waals surface area contributed by atoms with Crippen molar-refractivity contribution in [2.45, 2.75) is 24.7 Å². The molecule has 3 aromatic rings. The van der Waals surface area contributed by atoms with E-state index in [1.165, 1.54) is 18.5 Å². The van der Waals surface area contributed by atoms with Gasteiger partial charge < -0.3 is 5.73 Å². The number of non-ortho nitro benzene ring substituents is 1. The molecule has 0 amide bonds. The number of Topliss-reactive ketones (excluding diaryl/α,β-unsaturated/α-hetero) is 1. The molecule has 0 fully saturated rings. The maximum Gasteiger partial charge on any atom is 0.269 e. The molecular weight excluding hydrogens is 434 g/mol. The van der Waals surface area contributed by atoms with E-state index >= 15 is 0 Å². The van der Waals surface area contributed by atoms with E-state index in [0.29, 0.717) is 29.2 Å². The summed E-state index contributed by atoms with van der Waals surface area (Å²) in [4.78, 5) is 30.1. The number of rotatable bonds is 4. The number of anilines is 1. The van der Waals surface area contributed by atoms with Crippen molar-refractivity contribution in [3.63, 3.8) is 0 Å². The summed E-state index contributed by atoms with van der Waals surface area (Å²) in [7, 11) is 0. The molecule has 0 saturated heterocycles. The predicted molar refractivity (Wildman–Crippen MR) is 122 cm³/mol. The van der Waals surface area contributed by atoms with Crippen LogP contribution in [0.15, 0.2) is 83.6 Å². The van der Waals surface area contributed by atoms with Crippen LogP contribution in [0.4, 0.5) is 11.6 Å². The van der Waals surface area contributed by atoms with Crippen LogP contribution in [0.2, 0.25) is 0 Å². The van der Waals surface area contributed by atoms with E-state index in [1.807, 2.05) is 30.3 Å². The summed E-state index contributed by atoms with van der Waals surface area (Å²) in [5, 5.41) is 27.9. The summed E-state index contributed by atoms with van der Waals surface area (Å²) in [6, 6.07) is 17.8. The van der Waals surface area contributed by atoms with Crippen molar-refractivity contribution >= 4 is 17.4 Å². The Bertz CT molecular complexity index is 1370. The van der Waals surface area contributed by atoms with Crippen molar-refractivity contribution in [1.82, 2.24) is 15.2 Å². The number of hydrogen-bond acceptors (Lipinski definition) is 8. The first-order valence-electron chi connectivity index (χ1n) is 10.6. The molecule has 0 bridgehead atoms. The number of ketones is 1. The highest BCUT2D eigenvalue weighted by Gasteiger charge is 2.43. The van der Waals surface area contributed by atoms with Crippen LogP contribution < -0.4 is 10.6 Å². The van der Waals surface area contributed by atoms with E-state index in [9.17, 15) is 20.2 Å². The van der Waals surface area contributed by atoms with E-state index in [-0.39, 0.29) is 35.2 Å². The quantitative estimate of drug-likeness (QED) is 0.450. The van der Waals surface area contributed by atoms with Gasteiger partial charge in [0.1, 0.15) is 12.1 Å². The Balaban J connectivity index is 1.69. The molecule has 0 saturated carbocycles. The number of nitrogens with zero attached hydrogens (tertiary/aromatic N) is 5. The second kappa shape index (κ2) is 8.29. The summed E-state index contributed by atoms with van der Waals surface area (Å²) >= 11 is 0. The summed E-state index contributed by atoms with van der Waals surface area (Å²) in [5.41, 5.74) is 9.31. The molecule has 34 heavy (non-hydrogen) atoms. The highest BCUT2D eigenvalue weighted by Crippen LogP contribution is 2.48. The van der Waals surface area contributed by atoms with Crippen molar-refractivity contribution in [3.05, 3.63) is 105 Å². The monoisotopic (exact) mass is 453 g/mol. The molecule has 1 aliphatic carbocycles. The van der Waals surface area contributed by atoms with E-state index in [2.05, 4.69) is 21.3 Å². The van der Waals surface area contributed by atoms with Gasteiger partial charge in [-0.1, -0.05) is 42.5 Å². The first-order chi connectivity index (χ1) is 16.5. The van der Waals surface area contributed by atoms with Gasteiger partial charge in [0, 0.05) is 29.8 Å². The molecule has 10 heteroatoms. The zero-order valence-corrected chi connectivity index (χ0v) is 17.9. The third-order valence-electron chi connectivity index (χ3n) is 6.29. The van der Waals surface area contributed by atoms with Crippen LogP contribution in [0.3, 0.4) is 0 Å². The number of allylic oxidation sites excluding steroid dienone is 3. The van der Waals surface area contributed by atoms with Gasteiger partial charge in [0.05, 0.1) is 22.5 Å².